The molecule has 0 radical (unpaired) electrons. The van der Waals surface area contributed by atoms with Crippen LogP contribution in [0.5, 0.6) is 0 Å². The number of fused-ring (bicyclic) bond motifs is 1. The summed E-state index contributed by atoms with van der Waals surface area (Å²) in [5.74, 6) is -0.163. The zero-order chi connectivity index (χ0) is 10.8. The molecule has 2 aromatic heterocycles. The number of rotatable bonds is 2. The second-order valence-electron chi connectivity index (χ2n) is 2.69. The lowest BCUT2D eigenvalue weighted by molar-refractivity contribution is 0.0519. The molecule has 6 nitrogen and oxygen atoms in total. The third kappa shape index (κ3) is 1.78. The predicted octanol–water partition coefficient (Wildman–Crippen LogP) is 0.590. The first-order chi connectivity index (χ1) is 7.22. The molecular weight excluding hydrogens is 216 g/mol. The molecule has 0 amide bonds. The van der Waals surface area contributed by atoms with Crippen LogP contribution in [0.15, 0.2) is 17.4 Å². The Kier molecular flexibility index (Phi) is 2.55. The molecular formula is C8H8N4O2S. The Morgan fingerprint density at radius 3 is 3.20 bits per heavy atom. The standard InChI is InChI=1S/C8H8N4O2S/c1-2-14-7(13)5-3-6(15)12-8(11-5)9-4-10-12/h3-4,15H,2H2,1H3. The van der Waals surface area contributed by atoms with Crippen molar-refractivity contribution in [1.29, 1.82) is 0 Å². The van der Waals surface area contributed by atoms with Crippen molar-refractivity contribution in [3.63, 3.8) is 0 Å². The Balaban J connectivity index is 2.49. The maximum atomic E-state index is 11.4. The van der Waals surface area contributed by atoms with Crippen molar-refractivity contribution in [2.75, 3.05) is 6.61 Å². The lowest BCUT2D eigenvalue weighted by Gasteiger charge is -2.02. The Morgan fingerprint density at radius 1 is 1.67 bits per heavy atom. The lowest BCUT2D eigenvalue weighted by Crippen LogP contribution is -2.09. The van der Waals surface area contributed by atoms with Gasteiger partial charge in [0, 0.05) is 6.07 Å². The summed E-state index contributed by atoms with van der Waals surface area (Å²) < 4.78 is 6.24. The molecule has 0 fully saturated rings. The molecule has 0 aliphatic carbocycles. The Hall–Kier alpha value is -1.63. The average molecular weight is 224 g/mol. The summed E-state index contributed by atoms with van der Waals surface area (Å²) in [6.07, 6.45) is 1.34. The van der Waals surface area contributed by atoms with Crippen molar-refractivity contribution in [3.05, 3.63) is 18.1 Å². The van der Waals surface area contributed by atoms with E-state index in [4.69, 9.17) is 4.74 Å². The third-order valence-electron chi connectivity index (χ3n) is 1.72. The van der Waals surface area contributed by atoms with Gasteiger partial charge < -0.3 is 4.74 Å². The highest BCUT2D eigenvalue weighted by atomic mass is 32.1. The molecule has 2 rings (SSSR count). The fourth-order valence-corrected chi connectivity index (χ4v) is 1.37. The van der Waals surface area contributed by atoms with Crippen LogP contribution in [-0.4, -0.2) is 32.2 Å². The summed E-state index contributed by atoms with van der Waals surface area (Å²) in [5, 5.41) is 4.37. The Morgan fingerprint density at radius 2 is 2.47 bits per heavy atom. The van der Waals surface area contributed by atoms with Crippen molar-refractivity contribution in [3.8, 4) is 0 Å². The SMILES string of the molecule is CCOC(=O)c1cc(S)n2ncnc2n1. The van der Waals surface area contributed by atoms with Gasteiger partial charge in [-0.3, -0.25) is 0 Å². The number of ether oxygens (including phenoxy) is 1. The summed E-state index contributed by atoms with van der Waals surface area (Å²) in [5.41, 5.74) is 0.183. The van der Waals surface area contributed by atoms with E-state index in [-0.39, 0.29) is 5.69 Å². The highest BCUT2D eigenvalue weighted by molar-refractivity contribution is 7.80. The first kappa shape index (κ1) is 9.91. The number of esters is 1. The molecule has 15 heavy (non-hydrogen) atoms. The van der Waals surface area contributed by atoms with E-state index < -0.39 is 5.97 Å². The molecule has 0 saturated heterocycles. The van der Waals surface area contributed by atoms with E-state index in [0.29, 0.717) is 17.4 Å². The van der Waals surface area contributed by atoms with E-state index >= 15 is 0 Å². The van der Waals surface area contributed by atoms with Crippen LogP contribution in [-0.2, 0) is 4.74 Å². The largest absolute Gasteiger partial charge is 0.461 e. The number of hydrogen-bond acceptors (Lipinski definition) is 6. The first-order valence-electron chi connectivity index (χ1n) is 4.29. The highest BCUT2D eigenvalue weighted by Crippen LogP contribution is 2.09. The first-order valence-corrected chi connectivity index (χ1v) is 4.74. The number of aromatic nitrogens is 4. The van der Waals surface area contributed by atoms with Gasteiger partial charge in [0.25, 0.3) is 5.78 Å². The molecule has 0 aliphatic rings. The molecule has 0 unspecified atom stereocenters. The minimum absolute atomic E-state index is 0.183. The lowest BCUT2D eigenvalue weighted by atomic mass is 10.4. The van der Waals surface area contributed by atoms with E-state index in [9.17, 15) is 4.79 Å². The number of carbonyl (C=O) groups is 1. The van der Waals surface area contributed by atoms with Gasteiger partial charge in [-0.1, -0.05) is 0 Å². The quantitative estimate of drug-likeness (QED) is 0.459. The van der Waals surface area contributed by atoms with Crippen LogP contribution in [0.1, 0.15) is 17.4 Å². The molecule has 0 bridgehead atoms. The van der Waals surface area contributed by atoms with Crippen LogP contribution in [0.4, 0.5) is 0 Å². The predicted molar refractivity (Wildman–Crippen MR) is 54.0 cm³/mol. The van der Waals surface area contributed by atoms with Crippen molar-refractivity contribution in [1.82, 2.24) is 19.6 Å². The molecule has 2 heterocycles. The molecule has 7 heteroatoms. The van der Waals surface area contributed by atoms with Crippen LogP contribution < -0.4 is 0 Å². The number of carbonyl (C=O) groups excluding carboxylic acids is 1. The molecule has 0 aromatic carbocycles. The van der Waals surface area contributed by atoms with Gasteiger partial charge in [-0.05, 0) is 6.92 Å². The van der Waals surface area contributed by atoms with Gasteiger partial charge in [0.1, 0.15) is 11.4 Å². The van der Waals surface area contributed by atoms with E-state index in [1.807, 2.05) is 0 Å². The molecule has 0 saturated carbocycles. The fraction of sp³-hybridized carbons (Fsp3) is 0.250. The second kappa shape index (κ2) is 3.85. The summed E-state index contributed by atoms with van der Waals surface area (Å²) >= 11 is 4.16. The average Bonchev–Trinajstić information content (AvgIpc) is 2.66. The van der Waals surface area contributed by atoms with E-state index in [1.165, 1.54) is 16.9 Å². The smallest absolute Gasteiger partial charge is 0.357 e. The van der Waals surface area contributed by atoms with Crippen LogP contribution in [0.25, 0.3) is 5.78 Å². The normalized spacial score (nSPS) is 10.5. The Bertz CT molecular complexity index is 510. The molecule has 0 N–H and O–H groups in total. The van der Waals surface area contributed by atoms with Crippen LogP contribution >= 0.6 is 12.6 Å². The zero-order valence-electron chi connectivity index (χ0n) is 7.91. The summed E-state index contributed by atoms with van der Waals surface area (Å²) in [7, 11) is 0. The summed E-state index contributed by atoms with van der Waals surface area (Å²) in [4.78, 5) is 19.2. The molecule has 0 spiro atoms. The summed E-state index contributed by atoms with van der Waals surface area (Å²) in [6, 6.07) is 1.49. The van der Waals surface area contributed by atoms with Crippen LogP contribution in [0, 0.1) is 0 Å². The van der Waals surface area contributed by atoms with Gasteiger partial charge >= 0.3 is 5.97 Å². The van der Waals surface area contributed by atoms with E-state index in [0.717, 1.165) is 0 Å². The van der Waals surface area contributed by atoms with Gasteiger partial charge in [0.2, 0.25) is 0 Å². The molecule has 0 atom stereocenters. The fourth-order valence-electron chi connectivity index (χ4n) is 1.11. The zero-order valence-corrected chi connectivity index (χ0v) is 8.81. The monoisotopic (exact) mass is 224 g/mol. The van der Waals surface area contributed by atoms with Gasteiger partial charge in [0.05, 0.1) is 6.61 Å². The number of hydrogen-bond donors (Lipinski definition) is 1. The van der Waals surface area contributed by atoms with Crippen molar-refractivity contribution in [2.45, 2.75) is 11.9 Å². The third-order valence-corrected chi connectivity index (χ3v) is 2.04. The number of thiol groups is 1. The maximum Gasteiger partial charge on any atom is 0.357 e. The summed E-state index contributed by atoms with van der Waals surface area (Å²) in [6.45, 7) is 2.04. The highest BCUT2D eigenvalue weighted by Gasteiger charge is 2.12. The van der Waals surface area contributed by atoms with Crippen molar-refractivity contribution >= 4 is 24.4 Å². The van der Waals surface area contributed by atoms with Gasteiger partial charge in [-0.15, -0.1) is 12.6 Å². The van der Waals surface area contributed by atoms with Gasteiger partial charge in [0.15, 0.2) is 5.69 Å². The topological polar surface area (TPSA) is 69.4 Å². The molecule has 2 aromatic rings. The Labute approximate surface area is 90.7 Å². The van der Waals surface area contributed by atoms with Crippen LogP contribution in [0.2, 0.25) is 0 Å². The van der Waals surface area contributed by atoms with E-state index in [2.05, 4.69) is 27.7 Å². The maximum absolute atomic E-state index is 11.4. The number of nitrogens with zero attached hydrogens (tertiary/aromatic N) is 4. The van der Waals surface area contributed by atoms with Crippen LogP contribution in [0.3, 0.4) is 0 Å². The van der Waals surface area contributed by atoms with Crippen molar-refractivity contribution in [2.24, 2.45) is 0 Å². The molecule has 0 aliphatic heterocycles. The van der Waals surface area contributed by atoms with Gasteiger partial charge in [-0.2, -0.15) is 14.6 Å². The van der Waals surface area contributed by atoms with Gasteiger partial charge in [-0.25, -0.2) is 9.78 Å². The minimum Gasteiger partial charge on any atom is -0.461 e. The van der Waals surface area contributed by atoms with Crippen molar-refractivity contribution < 1.29 is 9.53 Å². The van der Waals surface area contributed by atoms with E-state index in [1.54, 1.807) is 6.92 Å². The second-order valence-corrected chi connectivity index (χ2v) is 3.15. The molecule has 78 valence electrons. The minimum atomic E-state index is -0.488.